The van der Waals surface area contributed by atoms with Crippen LogP contribution in [0.1, 0.15) is 35.2 Å². The SMILES string of the molecule is Cc1cscc1NCc1cnc(C(C)C)s1. The molecule has 4 heteroatoms. The second kappa shape index (κ2) is 4.97. The second-order valence-corrected chi connectivity index (χ2v) is 6.03. The van der Waals surface area contributed by atoms with Gasteiger partial charge in [-0.25, -0.2) is 4.98 Å². The van der Waals surface area contributed by atoms with Crippen molar-refractivity contribution in [2.75, 3.05) is 5.32 Å². The number of hydrogen-bond donors (Lipinski definition) is 1. The Labute approximate surface area is 104 Å². The molecule has 0 amide bonds. The molecule has 1 N–H and O–H groups in total. The van der Waals surface area contributed by atoms with Crippen LogP contribution in [0.4, 0.5) is 5.69 Å². The number of thiazole rings is 1. The van der Waals surface area contributed by atoms with Gasteiger partial charge < -0.3 is 5.32 Å². The Morgan fingerprint density at radius 2 is 2.19 bits per heavy atom. The highest BCUT2D eigenvalue weighted by molar-refractivity contribution is 7.11. The van der Waals surface area contributed by atoms with E-state index in [1.165, 1.54) is 21.1 Å². The van der Waals surface area contributed by atoms with E-state index in [0.717, 1.165) is 6.54 Å². The molecule has 0 saturated carbocycles. The standard InChI is InChI=1S/C12H16N2S2/c1-8(2)12-14-5-10(16-12)4-13-11-7-15-6-9(11)3/h5-8,13H,4H2,1-3H3. The van der Waals surface area contributed by atoms with Gasteiger partial charge in [-0.05, 0) is 17.9 Å². The summed E-state index contributed by atoms with van der Waals surface area (Å²) in [6.07, 6.45) is 1.98. The molecule has 86 valence electrons. The molecule has 0 aliphatic rings. The van der Waals surface area contributed by atoms with Crippen LogP contribution >= 0.6 is 22.7 Å². The number of aromatic nitrogens is 1. The predicted molar refractivity (Wildman–Crippen MR) is 72.6 cm³/mol. The van der Waals surface area contributed by atoms with E-state index in [1.807, 2.05) is 6.20 Å². The second-order valence-electron chi connectivity index (χ2n) is 4.14. The van der Waals surface area contributed by atoms with Crippen molar-refractivity contribution in [3.63, 3.8) is 0 Å². The van der Waals surface area contributed by atoms with Gasteiger partial charge in [0.15, 0.2) is 0 Å². The molecule has 2 aromatic rings. The normalized spacial score (nSPS) is 11.0. The monoisotopic (exact) mass is 252 g/mol. The Balaban J connectivity index is 1.97. The third-order valence-electron chi connectivity index (χ3n) is 2.37. The molecule has 0 spiro atoms. The van der Waals surface area contributed by atoms with Crippen molar-refractivity contribution >= 4 is 28.4 Å². The average molecular weight is 252 g/mol. The lowest BCUT2D eigenvalue weighted by Crippen LogP contribution is -1.96. The molecule has 16 heavy (non-hydrogen) atoms. The van der Waals surface area contributed by atoms with Crippen LogP contribution in [-0.4, -0.2) is 4.98 Å². The van der Waals surface area contributed by atoms with Crippen LogP contribution in [0.2, 0.25) is 0 Å². The van der Waals surface area contributed by atoms with Gasteiger partial charge in [0.1, 0.15) is 0 Å². The van der Waals surface area contributed by atoms with Crippen molar-refractivity contribution in [2.45, 2.75) is 33.2 Å². The van der Waals surface area contributed by atoms with E-state index in [0.29, 0.717) is 5.92 Å². The van der Waals surface area contributed by atoms with Gasteiger partial charge in [0, 0.05) is 28.1 Å². The number of thiophene rings is 1. The van der Waals surface area contributed by atoms with E-state index in [-0.39, 0.29) is 0 Å². The highest BCUT2D eigenvalue weighted by Gasteiger charge is 2.06. The van der Waals surface area contributed by atoms with Gasteiger partial charge in [0.2, 0.25) is 0 Å². The van der Waals surface area contributed by atoms with E-state index in [2.05, 4.69) is 41.8 Å². The molecule has 0 aliphatic carbocycles. The Hall–Kier alpha value is -0.870. The van der Waals surface area contributed by atoms with Crippen LogP contribution < -0.4 is 5.32 Å². The van der Waals surface area contributed by atoms with Crippen LogP contribution in [0.15, 0.2) is 17.0 Å². The summed E-state index contributed by atoms with van der Waals surface area (Å²) in [5.41, 5.74) is 2.56. The van der Waals surface area contributed by atoms with Gasteiger partial charge in [-0.1, -0.05) is 13.8 Å². The molecule has 0 bridgehead atoms. The zero-order valence-electron chi connectivity index (χ0n) is 9.78. The summed E-state index contributed by atoms with van der Waals surface area (Å²) in [6, 6.07) is 0. The van der Waals surface area contributed by atoms with Crippen LogP contribution in [0, 0.1) is 6.92 Å². The maximum Gasteiger partial charge on any atom is 0.0953 e. The molecule has 2 rings (SSSR count). The Bertz CT molecular complexity index is 457. The van der Waals surface area contributed by atoms with Crippen LogP contribution in [0.5, 0.6) is 0 Å². The van der Waals surface area contributed by atoms with Crippen molar-refractivity contribution in [3.05, 3.63) is 32.4 Å². The van der Waals surface area contributed by atoms with Crippen molar-refractivity contribution in [3.8, 4) is 0 Å². The van der Waals surface area contributed by atoms with Crippen molar-refractivity contribution in [1.29, 1.82) is 0 Å². The fourth-order valence-electron chi connectivity index (χ4n) is 1.40. The van der Waals surface area contributed by atoms with E-state index in [1.54, 1.807) is 22.7 Å². The molecule has 2 aromatic heterocycles. The average Bonchev–Trinajstić information content (AvgIpc) is 2.83. The maximum atomic E-state index is 4.42. The first-order valence-corrected chi connectivity index (χ1v) is 7.14. The molecular weight excluding hydrogens is 236 g/mol. The molecular formula is C12H16N2S2. The molecule has 0 atom stereocenters. The van der Waals surface area contributed by atoms with Crippen LogP contribution in [0.25, 0.3) is 0 Å². The summed E-state index contributed by atoms with van der Waals surface area (Å²) in [4.78, 5) is 5.72. The van der Waals surface area contributed by atoms with Crippen LogP contribution in [0.3, 0.4) is 0 Å². The van der Waals surface area contributed by atoms with Gasteiger partial charge in [0.25, 0.3) is 0 Å². The first kappa shape index (κ1) is 11.6. The van der Waals surface area contributed by atoms with E-state index in [4.69, 9.17) is 0 Å². The fourth-order valence-corrected chi connectivity index (χ4v) is 3.06. The van der Waals surface area contributed by atoms with E-state index < -0.39 is 0 Å². The quantitative estimate of drug-likeness (QED) is 0.880. The molecule has 0 saturated heterocycles. The van der Waals surface area contributed by atoms with E-state index in [9.17, 15) is 0 Å². The van der Waals surface area contributed by atoms with Gasteiger partial charge in [-0.15, -0.1) is 22.7 Å². The van der Waals surface area contributed by atoms with Gasteiger partial charge in [0.05, 0.1) is 11.6 Å². The molecule has 0 aliphatic heterocycles. The minimum atomic E-state index is 0.529. The minimum Gasteiger partial charge on any atom is -0.379 e. The zero-order valence-corrected chi connectivity index (χ0v) is 11.4. The smallest absolute Gasteiger partial charge is 0.0953 e. The third-order valence-corrected chi connectivity index (χ3v) is 4.53. The molecule has 0 fully saturated rings. The number of nitrogens with one attached hydrogen (secondary N) is 1. The fraction of sp³-hybridized carbons (Fsp3) is 0.417. The number of hydrogen-bond acceptors (Lipinski definition) is 4. The Kier molecular flexibility index (Phi) is 3.61. The largest absolute Gasteiger partial charge is 0.379 e. The van der Waals surface area contributed by atoms with Crippen molar-refractivity contribution in [1.82, 2.24) is 4.98 Å². The van der Waals surface area contributed by atoms with E-state index >= 15 is 0 Å². The summed E-state index contributed by atoms with van der Waals surface area (Å²) in [6.45, 7) is 7.37. The highest BCUT2D eigenvalue weighted by atomic mass is 32.1. The summed E-state index contributed by atoms with van der Waals surface area (Å²) < 4.78 is 0. The minimum absolute atomic E-state index is 0.529. The maximum absolute atomic E-state index is 4.42. The summed E-state index contributed by atoms with van der Waals surface area (Å²) in [5, 5.41) is 8.98. The third kappa shape index (κ3) is 2.62. The molecule has 0 aromatic carbocycles. The number of aryl methyl sites for hydroxylation is 1. The van der Waals surface area contributed by atoms with Crippen LogP contribution in [-0.2, 0) is 6.54 Å². The Morgan fingerprint density at radius 3 is 2.75 bits per heavy atom. The summed E-state index contributed by atoms with van der Waals surface area (Å²) in [5.74, 6) is 0.529. The zero-order chi connectivity index (χ0) is 11.5. The van der Waals surface area contributed by atoms with Crippen molar-refractivity contribution < 1.29 is 0 Å². The summed E-state index contributed by atoms with van der Waals surface area (Å²) >= 11 is 3.54. The number of anilines is 1. The molecule has 0 radical (unpaired) electrons. The lowest BCUT2D eigenvalue weighted by atomic mass is 10.2. The first-order valence-electron chi connectivity index (χ1n) is 5.38. The number of nitrogens with zero attached hydrogens (tertiary/aromatic N) is 1. The number of rotatable bonds is 4. The molecule has 2 nitrogen and oxygen atoms in total. The van der Waals surface area contributed by atoms with Gasteiger partial charge >= 0.3 is 0 Å². The topological polar surface area (TPSA) is 24.9 Å². The van der Waals surface area contributed by atoms with Gasteiger partial charge in [-0.2, -0.15) is 0 Å². The lowest BCUT2D eigenvalue weighted by Gasteiger charge is -2.02. The Morgan fingerprint density at radius 1 is 1.38 bits per heavy atom. The molecule has 0 unspecified atom stereocenters. The highest BCUT2D eigenvalue weighted by Crippen LogP contribution is 2.24. The predicted octanol–water partition coefficient (Wildman–Crippen LogP) is 4.25. The lowest BCUT2D eigenvalue weighted by molar-refractivity contribution is 0.852. The molecule has 2 heterocycles. The first-order chi connectivity index (χ1) is 7.66. The summed E-state index contributed by atoms with van der Waals surface area (Å²) in [7, 11) is 0. The van der Waals surface area contributed by atoms with Gasteiger partial charge in [-0.3, -0.25) is 0 Å². The van der Waals surface area contributed by atoms with Crippen molar-refractivity contribution in [2.24, 2.45) is 0 Å².